The minimum absolute atomic E-state index is 0. The van der Waals surface area contributed by atoms with Crippen molar-refractivity contribution in [2.45, 2.75) is 19.8 Å². The Balaban J connectivity index is 0. The molecule has 0 saturated heterocycles. The van der Waals surface area contributed by atoms with Crippen molar-refractivity contribution in [3.05, 3.63) is 0 Å². The van der Waals surface area contributed by atoms with Crippen molar-refractivity contribution in [3.8, 4) is 0 Å². The lowest BCUT2D eigenvalue weighted by Crippen LogP contribution is -2.14. The molecule has 0 bridgehead atoms. The average molecular weight is 212 g/mol. The van der Waals surface area contributed by atoms with E-state index in [9.17, 15) is 4.79 Å². The highest BCUT2D eigenvalue weighted by Gasteiger charge is 1.98. The second-order valence-electron chi connectivity index (χ2n) is 2.37. The molecule has 2 N–H and O–H groups in total. The first kappa shape index (κ1) is 15.2. The van der Waals surface area contributed by atoms with Crippen LogP contribution in [0.4, 0.5) is 0 Å². The summed E-state index contributed by atoms with van der Waals surface area (Å²) in [5.74, 6) is -0.158. The van der Waals surface area contributed by atoms with Gasteiger partial charge in [-0.25, -0.2) is 0 Å². The summed E-state index contributed by atoms with van der Waals surface area (Å²) in [6.45, 7) is 3.73. The predicted octanol–water partition coefficient (Wildman–Crippen LogP) is 0.727. The maximum absolute atomic E-state index is 10.8. The van der Waals surface area contributed by atoms with Gasteiger partial charge in [-0.05, 0) is 6.42 Å². The standard InChI is InChI=1S/C8H17NO3.ClH/c1-2-3-8(10)12-7-6-11-5-4-9;/h2-7,9H2,1H3;1H. The molecule has 0 spiro atoms. The molecule has 0 atom stereocenters. The Bertz CT molecular complexity index is 122. The molecule has 4 nitrogen and oxygen atoms in total. The summed E-state index contributed by atoms with van der Waals surface area (Å²) >= 11 is 0. The fraction of sp³-hybridized carbons (Fsp3) is 0.875. The highest BCUT2D eigenvalue weighted by Crippen LogP contribution is 1.90. The SMILES string of the molecule is CCCC(=O)OCCOCCN.Cl. The van der Waals surface area contributed by atoms with Gasteiger partial charge >= 0.3 is 5.97 Å². The number of esters is 1. The molecule has 0 unspecified atom stereocenters. The van der Waals surface area contributed by atoms with Crippen molar-refractivity contribution in [3.63, 3.8) is 0 Å². The second kappa shape index (κ2) is 11.7. The first-order valence-corrected chi connectivity index (χ1v) is 4.24. The minimum atomic E-state index is -0.158. The summed E-state index contributed by atoms with van der Waals surface area (Å²) in [4.78, 5) is 10.8. The molecule has 0 aliphatic rings. The van der Waals surface area contributed by atoms with Crippen molar-refractivity contribution >= 4 is 18.4 Å². The van der Waals surface area contributed by atoms with Crippen LogP contribution in [0, 0.1) is 0 Å². The fourth-order valence-electron chi connectivity index (χ4n) is 0.676. The number of hydrogen-bond donors (Lipinski definition) is 1. The Labute approximate surface area is 85.2 Å². The van der Waals surface area contributed by atoms with Crippen LogP contribution in [-0.4, -0.2) is 32.3 Å². The summed E-state index contributed by atoms with van der Waals surface area (Å²) in [5, 5.41) is 0. The van der Waals surface area contributed by atoms with Gasteiger partial charge < -0.3 is 15.2 Å². The van der Waals surface area contributed by atoms with Gasteiger partial charge in [0.05, 0.1) is 13.2 Å². The summed E-state index contributed by atoms with van der Waals surface area (Å²) in [7, 11) is 0. The van der Waals surface area contributed by atoms with Crippen LogP contribution in [0.25, 0.3) is 0 Å². The second-order valence-corrected chi connectivity index (χ2v) is 2.37. The highest BCUT2D eigenvalue weighted by molar-refractivity contribution is 5.85. The predicted molar refractivity (Wildman–Crippen MR) is 53.0 cm³/mol. The van der Waals surface area contributed by atoms with Crippen LogP contribution in [0.5, 0.6) is 0 Å². The van der Waals surface area contributed by atoms with Crippen LogP contribution < -0.4 is 5.73 Å². The largest absolute Gasteiger partial charge is 0.463 e. The molecule has 0 heterocycles. The van der Waals surface area contributed by atoms with Gasteiger partial charge in [0.25, 0.3) is 0 Å². The molecule has 0 radical (unpaired) electrons. The Morgan fingerprint density at radius 1 is 1.31 bits per heavy atom. The number of carbonyl (C=O) groups is 1. The molecule has 0 aromatic carbocycles. The van der Waals surface area contributed by atoms with Crippen molar-refractivity contribution in [1.29, 1.82) is 0 Å². The van der Waals surface area contributed by atoms with Crippen molar-refractivity contribution in [1.82, 2.24) is 0 Å². The van der Waals surface area contributed by atoms with Crippen LogP contribution in [-0.2, 0) is 14.3 Å². The van der Waals surface area contributed by atoms with Gasteiger partial charge in [-0.1, -0.05) is 6.92 Å². The molecule has 0 fully saturated rings. The van der Waals surface area contributed by atoms with Crippen molar-refractivity contribution in [2.75, 3.05) is 26.4 Å². The Morgan fingerprint density at radius 3 is 2.54 bits per heavy atom. The number of rotatable bonds is 7. The van der Waals surface area contributed by atoms with Crippen LogP contribution in [0.1, 0.15) is 19.8 Å². The van der Waals surface area contributed by atoms with Gasteiger partial charge in [0.15, 0.2) is 0 Å². The third kappa shape index (κ3) is 11.7. The molecule has 0 aliphatic carbocycles. The van der Waals surface area contributed by atoms with Gasteiger partial charge in [0.2, 0.25) is 0 Å². The van der Waals surface area contributed by atoms with Crippen molar-refractivity contribution < 1.29 is 14.3 Å². The molecule has 0 rings (SSSR count). The molecule has 0 amide bonds. The smallest absolute Gasteiger partial charge is 0.305 e. The Morgan fingerprint density at radius 2 is 2.00 bits per heavy atom. The van der Waals surface area contributed by atoms with E-state index in [-0.39, 0.29) is 18.4 Å². The molecule has 0 aromatic heterocycles. The topological polar surface area (TPSA) is 61.5 Å². The van der Waals surface area contributed by atoms with Gasteiger partial charge in [-0.3, -0.25) is 4.79 Å². The zero-order valence-corrected chi connectivity index (χ0v) is 8.77. The zero-order chi connectivity index (χ0) is 9.23. The van der Waals surface area contributed by atoms with Crippen LogP contribution in [0.3, 0.4) is 0 Å². The third-order valence-electron chi connectivity index (χ3n) is 1.21. The number of ether oxygens (including phenoxy) is 2. The number of carbonyl (C=O) groups excluding carboxylic acids is 1. The summed E-state index contributed by atoms with van der Waals surface area (Å²) in [6, 6.07) is 0. The van der Waals surface area contributed by atoms with Crippen molar-refractivity contribution in [2.24, 2.45) is 5.73 Å². The summed E-state index contributed by atoms with van der Waals surface area (Å²) in [6.07, 6.45) is 1.30. The quantitative estimate of drug-likeness (QED) is 0.498. The molecule has 0 aromatic rings. The first-order chi connectivity index (χ1) is 5.81. The van der Waals surface area contributed by atoms with E-state index in [1.54, 1.807) is 0 Å². The van der Waals surface area contributed by atoms with E-state index in [0.29, 0.717) is 32.8 Å². The van der Waals surface area contributed by atoms with E-state index < -0.39 is 0 Å². The van der Waals surface area contributed by atoms with E-state index in [1.807, 2.05) is 6.92 Å². The first-order valence-electron chi connectivity index (χ1n) is 4.24. The van der Waals surface area contributed by atoms with Gasteiger partial charge in [0.1, 0.15) is 6.61 Å². The van der Waals surface area contributed by atoms with E-state index in [1.165, 1.54) is 0 Å². The fourth-order valence-corrected chi connectivity index (χ4v) is 0.676. The lowest BCUT2D eigenvalue weighted by atomic mass is 10.3. The molecule has 0 aliphatic heterocycles. The lowest BCUT2D eigenvalue weighted by molar-refractivity contribution is -0.145. The zero-order valence-electron chi connectivity index (χ0n) is 7.95. The number of halogens is 1. The van der Waals surface area contributed by atoms with Gasteiger partial charge in [-0.15, -0.1) is 12.4 Å². The maximum atomic E-state index is 10.8. The summed E-state index contributed by atoms with van der Waals surface area (Å²) in [5.41, 5.74) is 5.19. The molecular weight excluding hydrogens is 194 g/mol. The number of nitrogens with two attached hydrogens (primary N) is 1. The van der Waals surface area contributed by atoms with E-state index >= 15 is 0 Å². The molecule has 0 saturated carbocycles. The van der Waals surface area contributed by atoms with Gasteiger partial charge in [-0.2, -0.15) is 0 Å². The van der Waals surface area contributed by atoms with E-state index in [2.05, 4.69) is 0 Å². The molecule has 80 valence electrons. The van der Waals surface area contributed by atoms with Crippen LogP contribution in [0.15, 0.2) is 0 Å². The average Bonchev–Trinajstić information content (AvgIpc) is 2.05. The molecule has 5 heteroatoms. The van der Waals surface area contributed by atoms with Gasteiger partial charge in [0, 0.05) is 13.0 Å². The van der Waals surface area contributed by atoms with E-state index in [4.69, 9.17) is 15.2 Å². The van der Waals surface area contributed by atoms with Crippen LogP contribution in [0.2, 0.25) is 0 Å². The molecular formula is C8H18ClNO3. The Hall–Kier alpha value is -0.320. The van der Waals surface area contributed by atoms with E-state index in [0.717, 1.165) is 6.42 Å². The number of hydrogen-bond acceptors (Lipinski definition) is 4. The highest BCUT2D eigenvalue weighted by atomic mass is 35.5. The van der Waals surface area contributed by atoms with Crippen LogP contribution >= 0.6 is 12.4 Å². The molecule has 13 heavy (non-hydrogen) atoms. The minimum Gasteiger partial charge on any atom is -0.463 e. The third-order valence-corrected chi connectivity index (χ3v) is 1.21. The Kier molecular flexibility index (Phi) is 13.6. The lowest BCUT2D eigenvalue weighted by Gasteiger charge is -2.03. The normalized spacial score (nSPS) is 9.08. The summed E-state index contributed by atoms with van der Waals surface area (Å²) < 4.78 is 9.83. The monoisotopic (exact) mass is 211 g/mol. The maximum Gasteiger partial charge on any atom is 0.305 e.